The van der Waals surface area contributed by atoms with Crippen molar-refractivity contribution in [3.63, 3.8) is 0 Å². The van der Waals surface area contributed by atoms with Crippen LogP contribution in [0, 0.1) is 0 Å². The van der Waals surface area contributed by atoms with Crippen LogP contribution in [0.3, 0.4) is 0 Å². The fourth-order valence-corrected chi connectivity index (χ4v) is 2.56. The zero-order valence-electron chi connectivity index (χ0n) is 8.16. The number of aliphatic hydroxyl groups is 1. The van der Waals surface area contributed by atoms with E-state index in [-0.39, 0.29) is 6.10 Å². The van der Waals surface area contributed by atoms with Gasteiger partial charge >= 0.3 is 0 Å². The highest BCUT2D eigenvalue weighted by Gasteiger charge is 2.14. The van der Waals surface area contributed by atoms with Gasteiger partial charge in [0.2, 0.25) is 0 Å². The number of ether oxygens (including phenoxy) is 1. The molecule has 4 heteroatoms. The predicted molar refractivity (Wildman–Crippen MR) is 56.2 cm³/mol. The minimum Gasteiger partial charge on any atom is -0.389 e. The molecule has 1 aliphatic heterocycles. The van der Waals surface area contributed by atoms with E-state index in [1.165, 1.54) is 24.3 Å². The molecule has 0 aromatic heterocycles. The van der Waals surface area contributed by atoms with E-state index >= 15 is 0 Å². The Balaban J connectivity index is 2.03. The molecule has 13 heavy (non-hydrogen) atoms. The molecule has 0 aromatic carbocycles. The van der Waals surface area contributed by atoms with Crippen LogP contribution in [0.5, 0.6) is 0 Å². The fraction of sp³-hybridized carbons (Fsp3) is 1.00. The number of aliphatic hydroxyl groups excluding tert-OH is 1. The number of nitrogens with one attached hydrogen (secondary N) is 1. The summed E-state index contributed by atoms with van der Waals surface area (Å²) in [5.41, 5.74) is 0. The predicted octanol–water partition coefficient (Wildman–Crippen LogP) is 0.479. The van der Waals surface area contributed by atoms with E-state index in [1.54, 1.807) is 7.11 Å². The second-order valence-corrected chi connectivity index (χ2v) is 4.58. The number of rotatable bonds is 5. The molecule has 1 fully saturated rings. The first-order valence-corrected chi connectivity index (χ1v) is 5.96. The molecule has 0 bridgehead atoms. The van der Waals surface area contributed by atoms with Crippen LogP contribution in [0.1, 0.15) is 12.8 Å². The summed E-state index contributed by atoms with van der Waals surface area (Å²) in [6.45, 7) is 1.08. The zero-order valence-corrected chi connectivity index (χ0v) is 8.98. The molecule has 0 aromatic rings. The maximum atomic E-state index is 9.39. The van der Waals surface area contributed by atoms with Gasteiger partial charge in [-0.2, -0.15) is 11.8 Å². The first-order valence-electron chi connectivity index (χ1n) is 4.81. The van der Waals surface area contributed by atoms with E-state index in [9.17, 15) is 5.11 Å². The van der Waals surface area contributed by atoms with Gasteiger partial charge in [0.15, 0.2) is 0 Å². The zero-order chi connectivity index (χ0) is 9.52. The Morgan fingerprint density at radius 1 is 1.69 bits per heavy atom. The average molecular weight is 205 g/mol. The number of hydrogen-bond acceptors (Lipinski definition) is 4. The van der Waals surface area contributed by atoms with Crippen molar-refractivity contribution in [3.8, 4) is 0 Å². The molecular formula is C9H19NO2S. The van der Waals surface area contributed by atoms with Crippen LogP contribution in [0.15, 0.2) is 0 Å². The molecule has 2 atom stereocenters. The Hall–Kier alpha value is 0.230. The Labute approximate surface area is 84.2 Å². The van der Waals surface area contributed by atoms with Gasteiger partial charge in [-0.1, -0.05) is 0 Å². The van der Waals surface area contributed by atoms with Crippen LogP contribution in [-0.4, -0.2) is 49.0 Å². The lowest BCUT2D eigenvalue weighted by Gasteiger charge is -2.23. The van der Waals surface area contributed by atoms with E-state index in [0.29, 0.717) is 19.2 Å². The quantitative estimate of drug-likeness (QED) is 0.685. The summed E-state index contributed by atoms with van der Waals surface area (Å²) in [5, 5.41) is 12.7. The molecule has 0 saturated carbocycles. The lowest BCUT2D eigenvalue weighted by molar-refractivity contribution is 0.0629. The maximum Gasteiger partial charge on any atom is 0.0897 e. The molecule has 2 unspecified atom stereocenters. The highest BCUT2D eigenvalue weighted by atomic mass is 32.2. The first kappa shape index (κ1) is 11.3. The van der Waals surface area contributed by atoms with Gasteiger partial charge < -0.3 is 15.2 Å². The molecule has 1 saturated heterocycles. The molecule has 0 spiro atoms. The average Bonchev–Trinajstić information content (AvgIpc) is 2.17. The van der Waals surface area contributed by atoms with Gasteiger partial charge in [-0.3, -0.25) is 0 Å². The van der Waals surface area contributed by atoms with Gasteiger partial charge in [-0.25, -0.2) is 0 Å². The summed E-state index contributed by atoms with van der Waals surface area (Å²) in [5.74, 6) is 2.47. The molecule has 0 aliphatic carbocycles. The van der Waals surface area contributed by atoms with Crippen LogP contribution in [0.2, 0.25) is 0 Å². The van der Waals surface area contributed by atoms with Crippen molar-refractivity contribution in [2.75, 3.05) is 31.8 Å². The lowest BCUT2D eigenvalue weighted by atomic mass is 10.2. The molecule has 1 aliphatic rings. The first-order chi connectivity index (χ1) is 6.33. The van der Waals surface area contributed by atoms with Crippen LogP contribution in [0.4, 0.5) is 0 Å². The molecule has 78 valence electrons. The van der Waals surface area contributed by atoms with Crippen LogP contribution in [-0.2, 0) is 4.74 Å². The van der Waals surface area contributed by atoms with E-state index < -0.39 is 0 Å². The van der Waals surface area contributed by atoms with E-state index in [1.807, 2.05) is 11.8 Å². The van der Waals surface area contributed by atoms with Gasteiger partial charge in [-0.05, 0) is 18.6 Å². The number of methoxy groups -OCH3 is 1. The monoisotopic (exact) mass is 205 g/mol. The number of hydrogen-bond donors (Lipinski definition) is 2. The Kier molecular flexibility index (Phi) is 5.78. The van der Waals surface area contributed by atoms with Gasteiger partial charge in [0.25, 0.3) is 0 Å². The van der Waals surface area contributed by atoms with Crippen molar-refractivity contribution >= 4 is 11.8 Å². The molecule has 0 radical (unpaired) electrons. The minimum absolute atomic E-state index is 0.364. The molecule has 0 amide bonds. The van der Waals surface area contributed by atoms with Gasteiger partial charge in [-0.15, -0.1) is 0 Å². The van der Waals surface area contributed by atoms with Crippen molar-refractivity contribution < 1.29 is 9.84 Å². The summed E-state index contributed by atoms with van der Waals surface area (Å²) >= 11 is 1.99. The van der Waals surface area contributed by atoms with Gasteiger partial charge in [0.05, 0.1) is 12.7 Å². The summed E-state index contributed by atoms with van der Waals surface area (Å²) in [6.07, 6.45) is 2.17. The topological polar surface area (TPSA) is 41.5 Å². The highest BCUT2D eigenvalue weighted by Crippen LogP contribution is 2.16. The SMILES string of the molecule is COCC(O)CNC1CCCSC1. The smallest absolute Gasteiger partial charge is 0.0897 e. The largest absolute Gasteiger partial charge is 0.389 e. The summed E-state index contributed by atoms with van der Waals surface area (Å²) in [6, 6.07) is 0.588. The normalized spacial score (nSPS) is 25.8. The highest BCUT2D eigenvalue weighted by molar-refractivity contribution is 7.99. The Morgan fingerprint density at radius 3 is 3.15 bits per heavy atom. The van der Waals surface area contributed by atoms with Crippen molar-refractivity contribution in [3.05, 3.63) is 0 Å². The van der Waals surface area contributed by atoms with Gasteiger partial charge in [0.1, 0.15) is 0 Å². The molecule has 3 nitrogen and oxygen atoms in total. The lowest BCUT2D eigenvalue weighted by Crippen LogP contribution is -2.40. The van der Waals surface area contributed by atoms with Crippen molar-refractivity contribution in [1.82, 2.24) is 5.32 Å². The minimum atomic E-state index is -0.364. The molecule has 1 rings (SSSR count). The van der Waals surface area contributed by atoms with E-state index in [2.05, 4.69) is 5.32 Å². The summed E-state index contributed by atoms with van der Waals surface area (Å²) < 4.78 is 4.85. The van der Waals surface area contributed by atoms with Gasteiger partial charge in [0, 0.05) is 25.4 Å². The summed E-state index contributed by atoms with van der Waals surface area (Å²) in [7, 11) is 1.61. The van der Waals surface area contributed by atoms with Crippen molar-refractivity contribution in [2.45, 2.75) is 25.0 Å². The third-order valence-corrected chi connectivity index (χ3v) is 3.38. The van der Waals surface area contributed by atoms with Crippen molar-refractivity contribution in [2.24, 2.45) is 0 Å². The molecule has 2 N–H and O–H groups in total. The van der Waals surface area contributed by atoms with Crippen molar-refractivity contribution in [1.29, 1.82) is 0 Å². The third-order valence-electron chi connectivity index (χ3n) is 2.16. The van der Waals surface area contributed by atoms with E-state index in [0.717, 1.165) is 0 Å². The fourth-order valence-electron chi connectivity index (χ4n) is 1.46. The molecular weight excluding hydrogens is 186 g/mol. The second-order valence-electron chi connectivity index (χ2n) is 3.43. The standard InChI is InChI=1S/C9H19NO2S/c1-12-6-9(11)5-10-8-3-2-4-13-7-8/h8-11H,2-7H2,1H3. The van der Waals surface area contributed by atoms with Crippen LogP contribution >= 0.6 is 11.8 Å². The maximum absolute atomic E-state index is 9.39. The number of thioether (sulfide) groups is 1. The molecule has 1 heterocycles. The summed E-state index contributed by atoms with van der Waals surface area (Å²) in [4.78, 5) is 0. The third kappa shape index (κ3) is 4.86. The Bertz CT molecular complexity index is 129. The Morgan fingerprint density at radius 2 is 2.54 bits per heavy atom. The van der Waals surface area contributed by atoms with E-state index in [4.69, 9.17) is 4.74 Å². The van der Waals surface area contributed by atoms with Crippen LogP contribution in [0.25, 0.3) is 0 Å². The van der Waals surface area contributed by atoms with Crippen LogP contribution < -0.4 is 5.32 Å². The second kappa shape index (κ2) is 6.65.